The lowest BCUT2D eigenvalue weighted by atomic mass is 9.89. The third-order valence-corrected chi connectivity index (χ3v) is 12.0. The lowest BCUT2D eigenvalue weighted by molar-refractivity contribution is 0.0272. The van der Waals surface area contributed by atoms with Crippen molar-refractivity contribution >= 4 is 29.1 Å². The molecule has 0 bridgehead atoms. The van der Waals surface area contributed by atoms with E-state index < -0.39 is 28.4 Å². The second kappa shape index (κ2) is 9.01. The van der Waals surface area contributed by atoms with E-state index in [9.17, 15) is 13.7 Å². The first-order valence-corrected chi connectivity index (χ1v) is 17.9. The Bertz CT molecular complexity index is 1460. The predicted molar refractivity (Wildman–Crippen MR) is 144 cm³/mol. The molecule has 1 atom stereocenters. The molecular formula is C25H35N7O3SSi. The highest BCUT2D eigenvalue weighted by molar-refractivity contribution is 7.90. The summed E-state index contributed by atoms with van der Waals surface area (Å²) < 4.78 is 36.6. The van der Waals surface area contributed by atoms with Crippen LogP contribution in [0.5, 0.6) is 0 Å². The van der Waals surface area contributed by atoms with Crippen LogP contribution in [0.3, 0.4) is 0 Å². The van der Waals surface area contributed by atoms with Gasteiger partial charge in [0.05, 0.1) is 29.1 Å². The highest BCUT2D eigenvalue weighted by Gasteiger charge is 2.59. The van der Waals surface area contributed by atoms with Gasteiger partial charge in [-0.1, -0.05) is 19.6 Å². The molecule has 5 rings (SSSR count). The molecule has 10 nitrogen and oxygen atoms in total. The highest BCUT2D eigenvalue weighted by atomic mass is 32.2. The van der Waals surface area contributed by atoms with Crippen molar-refractivity contribution in [3.63, 3.8) is 0 Å². The van der Waals surface area contributed by atoms with Gasteiger partial charge in [0.25, 0.3) is 0 Å². The Morgan fingerprint density at radius 1 is 1.24 bits per heavy atom. The molecule has 1 aliphatic heterocycles. The first-order valence-electron chi connectivity index (χ1n) is 12.7. The quantitative estimate of drug-likeness (QED) is 0.356. The number of ether oxygens (including phenoxy) is 1. The van der Waals surface area contributed by atoms with Crippen molar-refractivity contribution in [2.45, 2.75) is 75.3 Å². The molecule has 37 heavy (non-hydrogen) atoms. The van der Waals surface area contributed by atoms with Crippen LogP contribution in [0.2, 0.25) is 25.7 Å². The van der Waals surface area contributed by atoms with Gasteiger partial charge in [0.2, 0.25) is 10.0 Å². The number of rotatable bonds is 10. The van der Waals surface area contributed by atoms with Crippen molar-refractivity contribution < 1.29 is 13.2 Å². The maximum Gasteiger partial charge on any atom is 0.219 e. The van der Waals surface area contributed by atoms with Crippen LogP contribution >= 0.6 is 0 Å². The number of sulfonamides is 1. The number of hydrogen-bond acceptors (Lipinski definition) is 7. The Balaban J connectivity index is 1.38. The summed E-state index contributed by atoms with van der Waals surface area (Å²) in [5, 5.41) is 15.0. The summed E-state index contributed by atoms with van der Waals surface area (Å²) in [6.45, 7) is 12.0. The zero-order chi connectivity index (χ0) is 26.6. The molecular weight excluding hydrogens is 506 g/mol. The van der Waals surface area contributed by atoms with E-state index in [0.29, 0.717) is 19.4 Å². The highest BCUT2D eigenvalue weighted by Crippen LogP contribution is 2.48. The van der Waals surface area contributed by atoms with E-state index in [1.807, 2.05) is 30.0 Å². The van der Waals surface area contributed by atoms with Crippen molar-refractivity contribution in [1.82, 2.24) is 28.6 Å². The molecule has 0 radical (unpaired) electrons. The largest absolute Gasteiger partial charge is 0.359 e. The normalized spacial score (nSPS) is 19.9. The van der Waals surface area contributed by atoms with Gasteiger partial charge in [0, 0.05) is 51.1 Å². The molecule has 2 fully saturated rings. The van der Waals surface area contributed by atoms with E-state index in [-0.39, 0.29) is 25.7 Å². The van der Waals surface area contributed by atoms with Gasteiger partial charge in [-0.2, -0.15) is 14.7 Å². The summed E-state index contributed by atoms with van der Waals surface area (Å²) >= 11 is 0. The van der Waals surface area contributed by atoms with E-state index in [1.165, 1.54) is 4.31 Å². The molecule has 0 N–H and O–H groups in total. The number of hydrogen-bond donors (Lipinski definition) is 0. The fraction of sp³-hybridized carbons (Fsp3) is 0.600. The number of nitriles is 1. The van der Waals surface area contributed by atoms with Crippen LogP contribution < -0.4 is 0 Å². The van der Waals surface area contributed by atoms with Gasteiger partial charge in [-0.05, 0) is 38.8 Å². The molecule has 198 valence electrons. The third-order valence-electron chi connectivity index (χ3n) is 7.72. The van der Waals surface area contributed by atoms with Crippen molar-refractivity contribution in [2.24, 2.45) is 0 Å². The Morgan fingerprint density at radius 2 is 1.97 bits per heavy atom. The smallest absolute Gasteiger partial charge is 0.219 e. The second-order valence-corrected chi connectivity index (χ2v) is 20.0. The lowest BCUT2D eigenvalue weighted by Gasteiger charge is -2.48. The van der Waals surface area contributed by atoms with E-state index in [1.54, 1.807) is 24.1 Å². The summed E-state index contributed by atoms with van der Waals surface area (Å²) in [5.41, 5.74) is 1.64. The second-order valence-electron chi connectivity index (χ2n) is 11.9. The average Bonchev–Trinajstić information content (AvgIpc) is 3.21. The minimum absolute atomic E-state index is 0.158. The van der Waals surface area contributed by atoms with Crippen molar-refractivity contribution in [3.05, 3.63) is 31.0 Å². The molecule has 0 spiro atoms. The summed E-state index contributed by atoms with van der Waals surface area (Å²) in [6.07, 6.45) is 8.50. The third kappa shape index (κ3) is 4.63. The Kier molecular flexibility index (Phi) is 6.34. The summed E-state index contributed by atoms with van der Waals surface area (Å²) in [7, 11) is -4.55. The van der Waals surface area contributed by atoms with Crippen LogP contribution in [-0.4, -0.2) is 69.6 Å². The summed E-state index contributed by atoms with van der Waals surface area (Å²) in [4.78, 5) is 9.06. The molecule has 2 aliphatic rings. The fourth-order valence-corrected chi connectivity index (χ4v) is 7.62. The minimum Gasteiger partial charge on any atom is -0.359 e. The zero-order valence-corrected chi connectivity index (χ0v) is 24.0. The Hall–Kier alpha value is -2.59. The maximum absolute atomic E-state index is 13.0. The molecule has 1 aliphatic carbocycles. The molecule has 1 saturated heterocycles. The van der Waals surface area contributed by atoms with Gasteiger partial charge in [0.15, 0.2) is 0 Å². The first kappa shape index (κ1) is 26.0. The van der Waals surface area contributed by atoms with Crippen molar-refractivity contribution in [3.8, 4) is 17.3 Å². The number of nitrogens with zero attached hydrogens (tertiary/aromatic N) is 7. The van der Waals surface area contributed by atoms with Crippen LogP contribution in [0.25, 0.3) is 22.3 Å². The standard InChI is InChI=1S/C25H35N7O3SSi/c1-19(35-12-13-37(3,4)5)31-11-6-21-22(27-18-28-23(21)31)20-14-29-32(15-20)25(9-10-26)16-30(17-25)36(33,34)24(2)7-8-24/h6,11,14-15,18-19H,7-9,12-13,16-17H2,1-5H3. The van der Waals surface area contributed by atoms with Crippen LogP contribution in [-0.2, 0) is 20.3 Å². The maximum atomic E-state index is 13.0. The monoisotopic (exact) mass is 541 g/mol. The Morgan fingerprint density at radius 3 is 2.62 bits per heavy atom. The number of fused-ring (bicyclic) bond motifs is 1. The molecule has 1 saturated carbocycles. The van der Waals surface area contributed by atoms with Gasteiger partial charge in [-0.25, -0.2) is 18.4 Å². The van der Waals surface area contributed by atoms with E-state index >= 15 is 0 Å². The predicted octanol–water partition coefficient (Wildman–Crippen LogP) is 3.97. The summed E-state index contributed by atoms with van der Waals surface area (Å²) in [5.74, 6) is 0. The average molecular weight is 542 g/mol. The molecule has 12 heteroatoms. The molecule has 1 unspecified atom stereocenters. The number of aromatic nitrogens is 5. The molecule has 0 amide bonds. The topological polar surface area (TPSA) is 119 Å². The van der Waals surface area contributed by atoms with E-state index in [2.05, 4.69) is 40.8 Å². The zero-order valence-electron chi connectivity index (χ0n) is 22.2. The van der Waals surface area contributed by atoms with Crippen LogP contribution in [0.15, 0.2) is 31.0 Å². The summed E-state index contributed by atoms with van der Waals surface area (Å²) in [6, 6.07) is 5.31. The fourth-order valence-electron chi connectivity index (χ4n) is 4.83. The van der Waals surface area contributed by atoms with Gasteiger partial charge >= 0.3 is 0 Å². The SMILES string of the molecule is CC(OCC[Si](C)(C)C)n1ccc2c(-c3cnn(C4(CC#N)CN(S(=O)(=O)C5(C)CC5)C4)c3)ncnc21. The first-order chi connectivity index (χ1) is 17.4. The van der Waals surface area contributed by atoms with Crippen molar-refractivity contribution in [1.29, 1.82) is 5.26 Å². The minimum atomic E-state index is -3.37. The lowest BCUT2D eigenvalue weighted by Crippen LogP contribution is -2.65. The van der Waals surface area contributed by atoms with Crippen LogP contribution in [0.4, 0.5) is 0 Å². The molecule has 4 heterocycles. The van der Waals surface area contributed by atoms with Crippen LogP contribution in [0.1, 0.15) is 39.3 Å². The van der Waals surface area contributed by atoms with Gasteiger partial charge < -0.3 is 9.30 Å². The van der Waals surface area contributed by atoms with Gasteiger partial charge in [0.1, 0.15) is 23.7 Å². The van der Waals surface area contributed by atoms with Gasteiger partial charge in [-0.3, -0.25) is 4.68 Å². The molecule has 0 aromatic carbocycles. The van der Waals surface area contributed by atoms with Crippen LogP contribution in [0, 0.1) is 11.3 Å². The van der Waals surface area contributed by atoms with Gasteiger partial charge in [-0.15, -0.1) is 0 Å². The van der Waals surface area contributed by atoms with Crippen molar-refractivity contribution in [2.75, 3.05) is 19.7 Å². The molecule has 3 aromatic heterocycles. The molecule has 3 aromatic rings. The van der Waals surface area contributed by atoms with E-state index in [0.717, 1.165) is 28.3 Å². The van der Waals surface area contributed by atoms with E-state index in [4.69, 9.17) is 4.74 Å². The Labute approximate surface area is 219 Å².